The Kier molecular flexibility index (Phi) is 9.23. The second kappa shape index (κ2) is 16.1. The van der Waals surface area contributed by atoms with Crippen molar-refractivity contribution in [2.24, 2.45) is 0 Å². The molecular weight excluding hydrogens is 863 g/mol. The minimum Gasteiger partial charge on any atom is -0.309 e. The van der Waals surface area contributed by atoms with Crippen LogP contribution in [0.3, 0.4) is 0 Å². The zero-order valence-corrected chi connectivity index (χ0v) is 39.3. The highest BCUT2D eigenvalue weighted by Crippen LogP contribution is 2.44. The van der Waals surface area contributed by atoms with Crippen molar-refractivity contribution in [1.82, 2.24) is 13.7 Å². The molecule has 11 aromatic carbocycles. The summed E-state index contributed by atoms with van der Waals surface area (Å²) in [7, 11) is -2.80. The Labute approximate surface area is 407 Å². The van der Waals surface area contributed by atoms with E-state index in [0.717, 1.165) is 17.1 Å². The molecule has 0 spiro atoms. The molecule has 328 valence electrons. The molecule has 0 saturated carbocycles. The van der Waals surface area contributed by atoms with Gasteiger partial charge in [0, 0.05) is 49.3 Å². The molecular formula is C66H45N3Si. The quantitative estimate of drug-likeness (QED) is 0.107. The molecule has 0 unspecified atom stereocenters. The molecule has 0 saturated heterocycles. The predicted molar refractivity (Wildman–Crippen MR) is 299 cm³/mol. The van der Waals surface area contributed by atoms with Gasteiger partial charge in [0.1, 0.15) is 0 Å². The number of hydrogen-bond acceptors (Lipinski definition) is 0. The van der Waals surface area contributed by atoms with E-state index in [-0.39, 0.29) is 0 Å². The first-order valence-corrected chi connectivity index (χ1v) is 26.2. The van der Waals surface area contributed by atoms with Gasteiger partial charge in [0.15, 0.2) is 8.07 Å². The van der Waals surface area contributed by atoms with Crippen molar-refractivity contribution >= 4 is 94.2 Å². The Morgan fingerprint density at radius 3 is 1.36 bits per heavy atom. The van der Waals surface area contributed by atoms with Gasteiger partial charge in [0.2, 0.25) is 0 Å². The fraction of sp³-hybridized carbons (Fsp3) is 0. The van der Waals surface area contributed by atoms with Crippen LogP contribution in [0.4, 0.5) is 0 Å². The van der Waals surface area contributed by atoms with Crippen LogP contribution < -0.4 is 20.7 Å². The van der Waals surface area contributed by atoms with E-state index in [9.17, 15) is 0 Å². The molecule has 0 bridgehead atoms. The lowest BCUT2D eigenvalue weighted by Crippen LogP contribution is -2.74. The largest absolute Gasteiger partial charge is 0.309 e. The van der Waals surface area contributed by atoms with E-state index in [0.29, 0.717) is 0 Å². The van der Waals surface area contributed by atoms with E-state index in [1.165, 1.54) is 97.3 Å². The highest BCUT2D eigenvalue weighted by atomic mass is 28.3. The molecule has 3 nitrogen and oxygen atoms in total. The first-order chi connectivity index (χ1) is 34.8. The average Bonchev–Trinajstić information content (AvgIpc) is 4.08. The van der Waals surface area contributed by atoms with Crippen molar-refractivity contribution < 1.29 is 0 Å². The van der Waals surface area contributed by atoms with Crippen LogP contribution in [0, 0.1) is 0 Å². The maximum Gasteiger partial charge on any atom is 0.179 e. The second-order valence-electron chi connectivity index (χ2n) is 18.4. The minimum atomic E-state index is -2.80. The lowest BCUT2D eigenvalue weighted by atomic mass is 10.00. The number of benzene rings is 11. The van der Waals surface area contributed by atoms with Crippen LogP contribution in [0.1, 0.15) is 0 Å². The first kappa shape index (κ1) is 40.1. The smallest absolute Gasteiger partial charge is 0.179 e. The number of hydrogen-bond donors (Lipinski definition) is 0. The SMILES string of the molecule is c1ccc(-n2c3ccccc3c3ccc(-c4cccc5c6ccccc6n(-c6cccc7c6c6ccccc6n7-c6cccc([Si](c7ccccc7)(c7ccccc7)c7ccccc7)c6)c45)cc32)cc1. The van der Waals surface area contributed by atoms with Gasteiger partial charge in [-0.1, -0.05) is 212 Å². The van der Waals surface area contributed by atoms with Gasteiger partial charge >= 0.3 is 0 Å². The summed E-state index contributed by atoms with van der Waals surface area (Å²) in [4.78, 5) is 0. The minimum absolute atomic E-state index is 1.14. The van der Waals surface area contributed by atoms with E-state index in [1.807, 2.05) is 0 Å². The lowest BCUT2D eigenvalue weighted by molar-refractivity contribution is 1.17. The highest BCUT2D eigenvalue weighted by Gasteiger charge is 2.41. The van der Waals surface area contributed by atoms with Crippen molar-refractivity contribution in [3.63, 3.8) is 0 Å². The van der Waals surface area contributed by atoms with Gasteiger partial charge in [0.25, 0.3) is 0 Å². The summed E-state index contributed by atoms with van der Waals surface area (Å²) in [6.45, 7) is 0. The summed E-state index contributed by atoms with van der Waals surface area (Å²) in [6.07, 6.45) is 0. The van der Waals surface area contributed by atoms with Gasteiger partial charge in [-0.2, -0.15) is 0 Å². The summed E-state index contributed by atoms with van der Waals surface area (Å²) in [6, 6.07) is 101. The summed E-state index contributed by atoms with van der Waals surface area (Å²) in [5, 5.41) is 12.8. The second-order valence-corrected chi connectivity index (χ2v) is 22.2. The highest BCUT2D eigenvalue weighted by molar-refractivity contribution is 7.19. The fourth-order valence-corrected chi connectivity index (χ4v) is 16.7. The molecule has 0 atom stereocenters. The van der Waals surface area contributed by atoms with Crippen LogP contribution in [0.2, 0.25) is 0 Å². The molecule has 70 heavy (non-hydrogen) atoms. The molecule has 14 aromatic rings. The third-order valence-electron chi connectivity index (χ3n) is 14.8. The van der Waals surface area contributed by atoms with Crippen LogP contribution in [0.15, 0.2) is 273 Å². The molecule has 0 aliphatic heterocycles. The molecule has 14 rings (SSSR count). The molecule has 3 heterocycles. The topological polar surface area (TPSA) is 14.8 Å². The Hall–Kier alpha value is -8.96. The molecule has 0 aliphatic carbocycles. The fourth-order valence-electron chi connectivity index (χ4n) is 11.9. The monoisotopic (exact) mass is 907 g/mol. The Balaban J connectivity index is 1.03. The zero-order chi connectivity index (χ0) is 46.2. The van der Waals surface area contributed by atoms with Crippen LogP contribution in [0.5, 0.6) is 0 Å². The summed E-state index contributed by atoms with van der Waals surface area (Å²) in [5.74, 6) is 0. The molecule has 0 amide bonds. The Bertz CT molecular complexity index is 4180. The van der Waals surface area contributed by atoms with Gasteiger partial charge in [-0.05, 0) is 87.0 Å². The predicted octanol–water partition coefficient (Wildman–Crippen LogP) is 14.0. The maximum atomic E-state index is 2.55. The van der Waals surface area contributed by atoms with Crippen molar-refractivity contribution in [3.8, 4) is 28.2 Å². The Morgan fingerprint density at radius 2 is 0.700 bits per heavy atom. The third kappa shape index (κ3) is 5.94. The Morgan fingerprint density at radius 1 is 0.257 bits per heavy atom. The number of para-hydroxylation sites is 5. The molecule has 0 radical (unpaired) electrons. The molecule has 0 aliphatic rings. The molecule has 3 aromatic heterocycles. The van der Waals surface area contributed by atoms with Gasteiger partial charge < -0.3 is 13.7 Å². The van der Waals surface area contributed by atoms with E-state index >= 15 is 0 Å². The zero-order valence-electron chi connectivity index (χ0n) is 38.3. The van der Waals surface area contributed by atoms with Gasteiger partial charge in [-0.25, -0.2) is 0 Å². The van der Waals surface area contributed by atoms with Crippen molar-refractivity contribution in [1.29, 1.82) is 0 Å². The summed E-state index contributed by atoms with van der Waals surface area (Å²) < 4.78 is 7.47. The van der Waals surface area contributed by atoms with E-state index in [1.54, 1.807) is 0 Å². The normalized spacial score (nSPS) is 12.0. The summed E-state index contributed by atoms with van der Waals surface area (Å²) in [5.41, 5.74) is 12.9. The molecule has 0 N–H and O–H groups in total. The number of aromatic nitrogens is 3. The average molecular weight is 908 g/mol. The molecule has 4 heteroatoms. The van der Waals surface area contributed by atoms with Crippen molar-refractivity contribution in [2.45, 2.75) is 0 Å². The van der Waals surface area contributed by atoms with Gasteiger partial charge in [-0.15, -0.1) is 0 Å². The van der Waals surface area contributed by atoms with Gasteiger partial charge in [0.05, 0.1) is 38.8 Å². The van der Waals surface area contributed by atoms with Crippen LogP contribution in [-0.2, 0) is 0 Å². The first-order valence-electron chi connectivity index (χ1n) is 24.2. The number of rotatable bonds is 8. The summed E-state index contributed by atoms with van der Waals surface area (Å²) >= 11 is 0. The van der Waals surface area contributed by atoms with Crippen LogP contribution in [0.25, 0.3) is 93.6 Å². The van der Waals surface area contributed by atoms with E-state index in [4.69, 9.17) is 0 Å². The number of fused-ring (bicyclic) bond motifs is 9. The third-order valence-corrected chi connectivity index (χ3v) is 19.5. The number of nitrogens with zero attached hydrogens (tertiary/aromatic N) is 3. The van der Waals surface area contributed by atoms with E-state index < -0.39 is 8.07 Å². The van der Waals surface area contributed by atoms with Crippen LogP contribution >= 0.6 is 0 Å². The lowest BCUT2D eigenvalue weighted by Gasteiger charge is -2.34. The van der Waals surface area contributed by atoms with Crippen molar-refractivity contribution in [3.05, 3.63) is 273 Å². The standard InChI is InChI=1S/C66H45N3Si/c1-5-22-47(23-6-1)67-59-37-16-13-32-54(59)56-43-42-46(44-64(56)67)53-35-20-36-57-55-33-14-17-38-60(55)69(66(53)57)63-41-21-40-62-65(63)58-34-15-18-39-61(58)68(62)48-24-19-31-52(45-48)70(49-25-7-2-8-26-49,50-27-9-3-10-28-50)51-29-11-4-12-30-51/h1-45H. The van der Waals surface area contributed by atoms with Crippen molar-refractivity contribution in [2.75, 3.05) is 0 Å². The van der Waals surface area contributed by atoms with Gasteiger partial charge in [-0.3, -0.25) is 0 Å². The van der Waals surface area contributed by atoms with Crippen LogP contribution in [-0.4, -0.2) is 21.8 Å². The van der Waals surface area contributed by atoms with E-state index in [2.05, 4.69) is 287 Å². The molecule has 0 fully saturated rings. The maximum absolute atomic E-state index is 2.80.